The van der Waals surface area contributed by atoms with E-state index in [0.29, 0.717) is 19.3 Å². The average Bonchev–Trinajstić information content (AvgIpc) is 3.69. The third kappa shape index (κ3) is 16.4. The van der Waals surface area contributed by atoms with Crippen LogP contribution in [0.3, 0.4) is 0 Å². The summed E-state index contributed by atoms with van der Waals surface area (Å²) in [4.78, 5) is 80.6. The van der Waals surface area contributed by atoms with E-state index in [0.717, 1.165) is 49.8 Å². The Morgan fingerprint density at radius 2 is 1.62 bits per heavy atom. The van der Waals surface area contributed by atoms with E-state index in [1.807, 2.05) is 44.2 Å². The number of alkyl carbamates (subject to hydrolysis) is 1. The number of rotatable bonds is 22. The Labute approximate surface area is 367 Å². The van der Waals surface area contributed by atoms with Crippen molar-refractivity contribution in [3.8, 4) is 5.69 Å². The van der Waals surface area contributed by atoms with E-state index in [9.17, 15) is 44.0 Å². The molecule has 0 aliphatic heterocycles. The van der Waals surface area contributed by atoms with Crippen LogP contribution in [0.5, 0.6) is 0 Å². The first-order chi connectivity index (χ1) is 29.8. The van der Waals surface area contributed by atoms with Crippen LogP contribution >= 0.6 is 8.03 Å². The number of nitro benzene ring substituents is 2. The van der Waals surface area contributed by atoms with Gasteiger partial charge in [-0.3, -0.25) is 39.2 Å². The fraction of sp³-hybridized carbons (Fsp3) is 0.558. The molecular weight excluding hydrogens is 837 g/mol. The molecule has 63 heavy (non-hydrogen) atoms. The molecule has 19 nitrogen and oxygen atoms in total. The number of carbonyl (C=O) groups is 4. The molecule has 0 spiro atoms. The minimum absolute atomic E-state index is 0.0376. The minimum Gasteiger partial charge on any atom is -0.469 e. The first-order valence-corrected chi connectivity index (χ1v) is 22.5. The Morgan fingerprint density at radius 3 is 2.24 bits per heavy atom. The van der Waals surface area contributed by atoms with E-state index in [2.05, 4.69) is 20.9 Å². The lowest BCUT2D eigenvalue weighted by Crippen LogP contribution is -2.56. The van der Waals surface area contributed by atoms with E-state index in [1.54, 1.807) is 20.8 Å². The second-order valence-corrected chi connectivity index (χ2v) is 18.4. The highest BCUT2D eigenvalue weighted by atomic mass is 31.1. The lowest BCUT2D eigenvalue weighted by molar-refractivity contribution is -0.394. The zero-order valence-corrected chi connectivity index (χ0v) is 37.5. The van der Waals surface area contributed by atoms with Crippen LogP contribution in [0.1, 0.15) is 97.2 Å². The molecule has 1 fully saturated rings. The highest BCUT2D eigenvalue weighted by Gasteiger charge is 2.37. The van der Waals surface area contributed by atoms with Gasteiger partial charge >= 0.3 is 20.1 Å². The summed E-state index contributed by atoms with van der Waals surface area (Å²) in [7, 11) is -1.23. The van der Waals surface area contributed by atoms with Crippen molar-refractivity contribution >= 4 is 43.3 Å². The van der Waals surface area contributed by atoms with Crippen LogP contribution in [0.2, 0.25) is 0 Å². The van der Waals surface area contributed by atoms with Crippen molar-refractivity contribution in [1.82, 2.24) is 25.5 Å². The van der Waals surface area contributed by atoms with E-state index in [-0.39, 0.29) is 42.2 Å². The second-order valence-electron chi connectivity index (χ2n) is 17.2. The zero-order chi connectivity index (χ0) is 46.3. The smallest absolute Gasteiger partial charge is 0.469 e. The molecule has 4 unspecified atom stereocenters. The van der Waals surface area contributed by atoms with Gasteiger partial charge in [-0.1, -0.05) is 76.3 Å². The van der Waals surface area contributed by atoms with Gasteiger partial charge in [0.2, 0.25) is 11.8 Å². The van der Waals surface area contributed by atoms with Gasteiger partial charge in [0.05, 0.1) is 35.0 Å². The van der Waals surface area contributed by atoms with Crippen LogP contribution in [0.15, 0.2) is 61.1 Å². The molecule has 1 aliphatic rings. The normalized spacial score (nSPS) is 15.3. The van der Waals surface area contributed by atoms with Gasteiger partial charge in [-0.05, 0) is 74.5 Å². The number of benzene rings is 2. The monoisotopic (exact) mass is 896 g/mol. The van der Waals surface area contributed by atoms with Crippen LogP contribution in [-0.2, 0) is 45.8 Å². The summed E-state index contributed by atoms with van der Waals surface area (Å²) < 4.78 is 31.4. The summed E-state index contributed by atoms with van der Waals surface area (Å²) in [6.07, 6.45) is 6.20. The molecule has 2 aromatic carbocycles. The topological polar surface area (TPSA) is 253 Å². The molecule has 3 N–H and O–H groups in total. The fourth-order valence-electron chi connectivity index (χ4n) is 7.41. The number of hydrogen-bond donors (Lipinski definition) is 3. The Bertz CT molecular complexity index is 2070. The highest BCUT2D eigenvalue weighted by molar-refractivity contribution is 7.39. The van der Waals surface area contributed by atoms with E-state index in [1.165, 1.54) is 30.3 Å². The highest BCUT2D eigenvalue weighted by Crippen LogP contribution is 2.35. The summed E-state index contributed by atoms with van der Waals surface area (Å²) in [6, 6.07) is 9.84. The van der Waals surface area contributed by atoms with Gasteiger partial charge in [0.15, 0.2) is 12.4 Å². The molecular formula is C43H59N7O12P+. The van der Waals surface area contributed by atoms with Crippen molar-refractivity contribution in [3.05, 3.63) is 92.5 Å². The molecule has 1 saturated carbocycles. The van der Waals surface area contributed by atoms with E-state index in [4.69, 9.17) is 14.0 Å². The molecule has 1 heterocycles. The summed E-state index contributed by atoms with van der Waals surface area (Å²) in [6.45, 7) is 8.88. The van der Waals surface area contributed by atoms with Gasteiger partial charge in [0.25, 0.3) is 11.4 Å². The van der Waals surface area contributed by atoms with Crippen molar-refractivity contribution in [2.45, 2.75) is 123 Å². The number of aryl methyl sites for hydroxylation is 1. The van der Waals surface area contributed by atoms with Crippen molar-refractivity contribution < 1.29 is 47.6 Å². The van der Waals surface area contributed by atoms with Gasteiger partial charge in [0, 0.05) is 18.7 Å². The minimum atomic E-state index is -2.49. The quantitative estimate of drug-likeness (QED) is 0.0296. The third-order valence-corrected chi connectivity index (χ3v) is 11.6. The van der Waals surface area contributed by atoms with E-state index < -0.39 is 83.0 Å². The molecule has 1 aromatic heterocycles. The number of amides is 3. The molecule has 5 atom stereocenters. The van der Waals surface area contributed by atoms with Crippen LogP contribution in [0.25, 0.3) is 5.69 Å². The molecule has 1 aliphatic carbocycles. The number of ether oxygens (including phenoxy) is 2. The Kier molecular flexibility index (Phi) is 18.7. The first-order valence-electron chi connectivity index (χ1n) is 21.1. The maximum atomic E-state index is 14.5. The standard InChI is InChI=1S/C43H58N7O12P/c1-28(2)21-31(41(53)60-6)26-63(59)62-38(22-30-15-11-8-12-16-30)47-40(52)35(23-32-25-48(27-44-32)36-20-18-33(49(55)56)24-37(36)50(57)58)45-39(51)34(46-42(54)61-43(3,4)5)19-17-29-13-9-7-10-14-29/h7,9-10,13-14,18,20,24-25,27-28,30-31,34-35,38H,8,11-12,15-17,19,21-23,26H2,1-6H3,(H2-,45,46,47,51,52,54)/p+1/t31?,34?,35-,38?/m0/s1. The Hall–Kier alpha value is -5.81. The average molecular weight is 897 g/mol. The predicted octanol–water partition coefficient (Wildman–Crippen LogP) is 7.25. The van der Waals surface area contributed by atoms with Crippen LogP contribution in [0.4, 0.5) is 16.2 Å². The molecule has 0 bridgehead atoms. The van der Waals surface area contributed by atoms with Crippen LogP contribution < -0.4 is 16.0 Å². The lowest BCUT2D eigenvalue weighted by Gasteiger charge is -2.27. The molecule has 3 aromatic rings. The molecule has 3 amide bonds. The van der Waals surface area contributed by atoms with Crippen molar-refractivity contribution in [1.29, 1.82) is 0 Å². The van der Waals surface area contributed by atoms with Crippen LogP contribution in [-0.4, -0.2) is 80.5 Å². The maximum Gasteiger partial charge on any atom is 0.511 e. The molecule has 0 radical (unpaired) electrons. The zero-order valence-electron chi connectivity index (χ0n) is 36.7. The molecule has 342 valence electrons. The molecule has 20 heteroatoms. The third-order valence-electron chi connectivity index (χ3n) is 10.4. The van der Waals surface area contributed by atoms with Gasteiger partial charge in [0.1, 0.15) is 29.3 Å². The van der Waals surface area contributed by atoms with Crippen molar-refractivity contribution in [2.24, 2.45) is 17.8 Å². The maximum absolute atomic E-state index is 14.5. The predicted molar refractivity (Wildman–Crippen MR) is 232 cm³/mol. The van der Waals surface area contributed by atoms with Gasteiger partial charge in [-0.2, -0.15) is 0 Å². The Morgan fingerprint density at radius 1 is 0.937 bits per heavy atom. The SMILES string of the molecule is COC(=O)C(CC(C)C)C[P+](=O)OC(CC1CCCCC1)NC(=O)[C@H](Cc1cn(-c2ccc([N+](=O)[O-])cc2[N+](=O)[O-])cn1)NC(=O)C(CCc1ccccc1)NC(=O)OC(C)(C)C. The number of imidazole rings is 1. The number of carbonyl (C=O) groups excluding carboxylic acids is 4. The van der Waals surface area contributed by atoms with Crippen molar-refractivity contribution in [2.75, 3.05) is 13.3 Å². The second kappa shape index (κ2) is 23.6. The number of nitro groups is 2. The summed E-state index contributed by atoms with van der Waals surface area (Å²) in [5, 5.41) is 31.6. The first kappa shape index (κ1) is 49.8. The van der Waals surface area contributed by atoms with E-state index >= 15 is 0 Å². The number of methoxy groups -OCH3 is 1. The lowest BCUT2D eigenvalue weighted by atomic mass is 9.86. The number of non-ortho nitro benzene ring substituents is 1. The van der Waals surface area contributed by atoms with Crippen LogP contribution in [0, 0.1) is 38.0 Å². The van der Waals surface area contributed by atoms with Gasteiger partial charge in [-0.15, -0.1) is 4.52 Å². The summed E-state index contributed by atoms with van der Waals surface area (Å²) >= 11 is 0. The number of hydrogen-bond acceptors (Lipinski definition) is 13. The number of aromatic nitrogens is 2. The van der Waals surface area contributed by atoms with Crippen molar-refractivity contribution in [3.63, 3.8) is 0 Å². The number of nitrogens with one attached hydrogen (secondary N) is 3. The number of esters is 1. The molecule has 0 saturated heterocycles. The summed E-state index contributed by atoms with van der Waals surface area (Å²) in [5.41, 5.74) is -0.894. The largest absolute Gasteiger partial charge is 0.511 e. The number of nitrogens with zero attached hydrogens (tertiary/aromatic N) is 4. The van der Waals surface area contributed by atoms with Gasteiger partial charge < -0.3 is 25.4 Å². The Balaban J connectivity index is 1.68. The fourth-order valence-corrected chi connectivity index (χ4v) is 8.58. The van der Waals surface area contributed by atoms with Gasteiger partial charge in [-0.25, -0.2) is 9.78 Å². The molecule has 4 rings (SSSR count). The summed E-state index contributed by atoms with van der Waals surface area (Å²) in [5.74, 6) is -2.48.